The van der Waals surface area contributed by atoms with Crippen LogP contribution in [-0.4, -0.2) is 4.57 Å². The fourth-order valence-electron chi connectivity index (χ4n) is 3.04. The second-order valence-corrected chi connectivity index (χ2v) is 5.70. The van der Waals surface area contributed by atoms with Gasteiger partial charge < -0.3 is 0 Å². The van der Waals surface area contributed by atoms with Gasteiger partial charge in [-0.2, -0.15) is 0 Å². The molecular weight excluding hydrogens is 320 g/mol. The summed E-state index contributed by atoms with van der Waals surface area (Å²) in [6, 6.07) is 20.8. The third kappa shape index (κ3) is 2.62. The smallest absolute Gasteiger partial charge is 0.255 e. The average molecular weight is 333 g/mol. The number of pyridine rings is 1. The molecule has 0 unspecified atom stereocenters. The molecule has 2 nitrogen and oxygen atoms in total. The summed E-state index contributed by atoms with van der Waals surface area (Å²) < 4.78 is 29.0. The van der Waals surface area contributed by atoms with Crippen molar-refractivity contribution in [3.63, 3.8) is 0 Å². The van der Waals surface area contributed by atoms with Gasteiger partial charge in [-0.25, -0.2) is 8.78 Å². The fraction of sp³-hybridized carbons (Fsp3) is 0. The lowest BCUT2D eigenvalue weighted by molar-refractivity contribution is 0.627. The maximum atomic E-state index is 14.2. The predicted octanol–water partition coefficient (Wildman–Crippen LogP) is 4.94. The molecule has 0 amide bonds. The summed E-state index contributed by atoms with van der Waals surface area (Å²) >= 11 is 0. The minimum absolute atomic E-state index is 0.232. The van der Waals surface area contributed by atoms with E-state index in [0.29, 0.717) is 22.3 Å². The third-order valence-electron chi connectivity index (χ3n) is 4.19. The number of benzene rings is 3. The topological polar surface area (TPSA) is 22.0 Å². The van der Waals surface area contributed by atoms with Crippen molar-refractivity contribution in [2.24, 2.45) is 0 Å². The monoisotopic (exact) mass is 333 g/mol. The molecule has 0 fully saturated rings. The Kier molecular flexibility index (Phi) is 3.65. The second-order valence-electron chi connectivity index (χ2n) is 5.70. The molecule has 3 aromatic carbocycles. The van der Waals surface area contributed by atoms with Crippen LogP contribution in [0.2, 0.25) is 0 Å². The highest BCUT2D eigenvalue weighted by Gasteiger charge is 2.12. The Balaban J connectivity index is 2.05. The van der Waals surface area contributed by atoms with Crippen molar-refractivity contribution >= 4 is 10.9 Å². The van der Waals surface area contributed by atoms with E-state index in [1.54, 1.807) is 48.5 Å². The Morgan fingerprint density at radius 3 is 2.16 bits per heavy atom. The zero-order valence-electron chi connectivity index (χ0n) is 13.1. The van der Waals surface area contributed by atoms with Gasteiger partial charge in [0.05, 0.1) is 5.52 Å². The van der Waals surface area contributed by atoms with Crippen LogP contribution >= 0.6 is 0 Å². The maximum Gasteiger partial charge on any atom is 0.255 e. The van der Waals surface area contributed by atoms with Crippen LogP contribution < -0.4 is 5.56 Å². The Morgan fingerprint density at radius 2 is 1.40 bits per heavy atom. The molecule has 4 aromatic rings. The number of aromatic nitrogens is 1. The number of halogens is 2. The summed E-state index contributed by atoms with van der Waals surface area (Å²) in [4.78, 5) is 12.4. The second kappa shape index (κ2) is 5.98. The molecule has 0 N–H and O–H groups in total. The Morgan fingerprint density at radius 1 is 0.680 bits per heavy atom. The first-order valence-electron chi connectivity index (χ1n) is 7.81. The number of rotatable bonds is 2. The highest BCUT2D eigenvalue weighted by Crippen LogP contribution is 2.30. The zero-order valence-corrected chi connectivity index (χ0v) is 13.1. The first-order valence-corrected chi connectivity index (χ1v) is 7.81. The Hall–Kier alpha value is -3.27. The summed E-state index contributed by atoms with van der Waals surface area (Å²) in [7, 11) is 0. The van der Waals surface area contributed by atoms with Crippen LogP contribution in [0.1, 0.15) is 0 Å². The van der Waals surface area contributed by atoms with E-state index in [2.05, 4.69) is 0 Å². The van der Waals surface area contributed by atoms with E-state index in [-0.39, 0.29) is 17.2 Å². The van der Waals surface area contributed by atoms with Crippen molar-refractivity contribution in [2.75, 3.05) is 0 Å². The first kappa shape index (κ1) is 15.3. The number of hydrogen-bond donors (Lipinski definition) is 0. The molecule has 0 radical (unpaired) electrons. The highest BCUT2D eigenvalue weighted by molar-refractivity contribution is 5.95. The quantitative estimate of drug-likeness (QED) is 0.509. The van der Waals surface area contributed by atoms with E-state index in [1.807, 2.05) is 6.07 Å². The number of fused-ring (bicyclic) bond motifs is 1. The molecule has 1 aromatic heterocycles. The van der Waals surface area contributed by atoms with E-state index < -0.39 is 0 Å². The molecule has 0 saturated heterocycles. The van der Waals surface area contributed by atoms with Crippen LogP contribution in [-0.2, 0) is 0 Å². The van der Waals surface area contributed by atoms with Gasteiger partial charge in [-0.15, -0.1) is 0 Å². The van der Waals surface area contributed by atoms with Gasteiger partial charge in [0.15, 0.2) is 0 Å². The average Bonchev–Trinajstić information content (AvgIpc) is 2.63. The first-order chi connectivity index (χ1) is 12.1. The molecule has 0 aliphatic heterocycles. The summed E-state index contributed by atoms with van der Waals surface area (Å²) in [5.74, 6) is -0.696. The van der Waals surface area contributed by atoms with Crippen molar-refractivity contribution in [1.29, 1.82) is 0 Å². The largest absolute Gasteiger partial charge is 0.277 e. The summed E-state index contributed by atoms with van der Waals surface area (Å²) in [6.45, 7) is 0. The maximum absolute atomic E-state index is 14.2. The SMILES string of the molecule is O=c1ccc2c(-c3ccccc3F)cccc2n1-c1ccc(F)cc1. The molecule has 0 spiro atoms. The van der Waals surface area contributed by atoms with Crippen LogP contribution in [0.25, 0.3) is 27.7 Å². The van der Waals surface area contributed by atoms with Crippen LogP contribution in [0.15, 0.2) is 83.7 Å². The van der Waals surface area contributed by atoms with Gasteiger partial charge in [0.1, 0.15) is 11.6 Å². The van der Waals surface area contributed by atoms with Crippen LogP contribution in [0, 0.1) is 11.6 Å². The van der Waals surface area contributed by atoms with E-state index in [1.165, 1.54) is 28.8 Å². The van der Waals surface area contributed by atoms with E-state index in [9.17, 15) is 13.6 Å². The van der Waals surface area contributed by atoms with Crippen molar-refractivity contribution < 1.29 is 8.78 Å². The molecule has 0 aliphatic carbocycles. The zero-order chi connectivity index (χ0) is 17.4. The van der Waals surface area contributed by atoms with Crippen LogP contribution in [0.4, 0.5) is 8.78 Å². The van der Waals surface area contributed by atoms with Crippen molar-refractivity contribution in [1.82, 2.24) is 4.57 Å². The summed E-state index contributed by atoms with van der Waals surface area (Å²) in [5, 5.41) is 0.747. The molecule has 0 bridgehead atoms. The molecule has 122 valence electrons. The molecule has 1 heterocycles. The van der Waals surface area contributed by atoms with E-state index >= 15 is 0 Å². The van der Waals surface area contributed by atoms with E-state index in [0.717, 1.165) is 5.39 Å². The standard InChI is InChI=1S/C21H13F2NO/c22-14-8-10-15(11-9-14)24-20-7-3-5-16(18(20)12-13-21(24)25)17-4-1-2-6-19(17)23/h1-13H. The normalized spacial score (nSPS) is 11.0. The molecule has 4 rings (SSSR count). The summed E-state index contributed by atoms with van der Waals surface area (Å²) in [6.07, 6.45) is 0. The molecular formula is C21H13F2NO. The molecule has 4 heteroatoms. The lowest BCUT2D eigenvalue weighted by atomic mass is 10.00. The molecule has 0 atom stereocenters. The van der Waals surface area contributed by atoms with Crippen LogP contribution in [0.3, 0.4) is 0 Å². The van der Waals surface area contributed by atoms with Crippen LogP contribution in [0.5, 0.6) is 0 Å². The Bertz CT molecular complexity index is 1130. The fourth-order valence-corrected chi connectivity index (χ4v) is 3.04. The third-order valence-corrected chi connectivity index (χ3v) is 4.19. The van der Waals surface area contributed by atoms with Gasteiger partial charge >= 0.3 is 0 Å². The summed E-state index contributed by atoms with van der Waals surface area (Å²) in [5.41, 5.74) is 2.14. The van der Waals surface area contributed by atoms with Crippen molar-refractivity contribution in [3.8, 4) is 16.8 Å². The predicted molar refractivity (Wildman–Crippen MR) is 94.9 cm³/mol. The van der Waals surface area contributed by atoms with Gasteiger partial charge in [-0.3, -0.25) is 9.36 Å². The Labute approximate surface area is 142 Å². The van der Waals surface area contributed by atoms with E-state index in [4.69, 9.17) is 0 Å². The van der Waals surface area contributed by atoms with Gasteiger partial charge in [0.2, 0.25) is 0 Å². The van der Waals surface area contributed by atoms with Gasteiger partial charge in [0, 0.05) is 22.7 Å². The molecule has 0 saturated carbocycles. The van der Waals surface area contributed by atoms with Gasteiger partial charge in [-0.05, 0) is 48.0 Å². The molecule has 25 heavy (non-hydrogen) atoms. The minimum atomic E-state index is -0.371. The number of nitrogens with zero attached hydrogens (tertiary/aromatic N) is 1. The minimum Gasteiger partial charge on any atom is -0.277 e. The lowest BCUT2D eigenvalue weighted by Crippen LogP contribution is -2.17. The van der Waals surface area contributed by atoms with Crippen molar-refractivity contribution in [2.45, 2.75) is 0 Å². The van der Waals surface area contributed by atoms with Gasteiger partial charge in [-0.1, -0.05) is 30.3 Å². The lowest BCUT2D eigenvalue weighted by Gasteiger charge is -2.13. The number of hydrogen-bond acceptors (Lipinski definition) is 1. The van der Waals surface area contributed by atoms with Gasteiger partial charge in [0.25, 0.3) is 5.56 Å². The molecule has 0 aliphatic rings. The highest BCUT2D eigenvalue weighted by atomic mass is 19.1. The van der Waals surface area contributed by atoms with Crippen molar-refractivity contribution in [3.05, 3.63) is 101 Å².